The summed E-state index contributed by atoms with van der Waals surface area (Å²) < 4.78 is 0. The topological polar surface area (TPSA) is 23.5 Å². The zero-order valence-corrected chi connectivity index (χ0v) is 5.84. The van der Waals surface area contributed by atoms with Gasteiger partial charge in [-0.15, -0.1) is 0 Å². The maximum Gasteiger partial charge on any atom is 0.0443 e. The van der Waals surface area contributed by atoms with Crippen molar-refractivity contribution >= 4 is 0 Å². The summed E-state index contributed by atoms with van der Waals surface area (Å²) in [5, 5.41) is 8.50. The number of hydrogen-bond acceptors (Lipinski definition) is 2. The van der Waals surface area contributed by atoms with Crippen molar-refractivity contribution in [3.05, 3.63) is 0 Å². The number of nitrogens with zero attached hydrogens (tertiary/aromatic N) is 1. The average Bonchev–Trinajstić information content (AvgIpc) is 2.34. The molecule has 1 aliphatic heterocycles. The molecule has 0 unspecified atom stereocenters. The van der Waals surface area contributed by atoms with Gasteiger partial charge in [0, 0.05) is 13.2 Å². The average molecular weight is 145 g/mol. The summed E-state index contributed by atoms with van der Waals surface area (Å²) in [5.41, 5.74) is 0. The highest BCUT2D eigenvalue weighted by atomic mass is 16.3. The number of aliphatic hydroxyl groups excluding tert-OH is 1. The largest absolute Gasteiger partial charge is 0.396 e. The zero-order chi connectivity index (χ0) is 6.53. The lowest BCUT2D eigenvalue weighted by Gasteiger charge is -2.12. The van der Waals surface area contributed by atoms with Crippen LogP contribution in [0.4, 0.5) is 0 Å². The van der Waals surface area contributed by atoms with Crippen LogP contribution < -0.4 is 0 Å². The van der Waals surface area contributed by atoms with Crippen molar-refractivity contribution in [1.29, 1.82) is 0 Å². The first kappa shape index (κ1) is 9.92. The van der Waals surface area contributed by atoms with E-state index in [9.17, 15) is 0 Å². The predicted molar refractivity (Wildman–Crippen MR) is 44.1 cm³/mol. The van der Waals surface area contributed by atoms with Gasteiger partial charge in [-0.1, -0.05) is 7.43 Å². The van der Waals surface area contributed by atoms with E-state index in [2.05, 4.69) is 4.90 Å². The number of hydrogen-bond donors (Lipinski definition) is 1. The van der Waals surface area contributed by atoms with Crippen LogP contribution in [0.5, 0.6) is 0 Å². The molecule has 1 rings (SSSR count). The molecule has 0 aliphatic carbocycles. The summed E-state index contributed by atoms with van der Waals surface area (Å²) in [6, 6.07) is 0. The fourth-order valence-electron chi connectivity index (χ4n) is 1.30. The van der Waals surface area contributed by atoms with Gasteiger partial charge in [-0.05, 0) is 32.4 Å². The van der Waals surface area contributed by atoms with Gasteiger partial charge >= 0.3 is 0 Å². The Bertz CT molecular complexity index is 69.7. The van der Waals surface area contributed by atoms with Crippen molar-refractivity contribution in [3.8, 4) is 0 Å². The molecule has 0 amide bonds. The highest BCUT2D eigenvalue weighted by Gasteiger charge is 2.09. The van der Waals surface area contributed by atoms with Crippen LogP contribution in [0, 0.1) is 0 Å². The minimum Gasteiger partial charge on any atom is -0.396 e. The molecule has 1 aliphatic rings. The van der Waals surface area contributed by atoms with Crippen LogP contribution >= 0.6 is 0 Å². The van der Waals surface area contributed by atoms with Gasteiger partial charge in [0.15, 0.2) is 0 Å². The monoisotopic (exact) mass is 145 g/mol. The first-order chi connectivity index (χ1) is 4.43. The van der Waals surface area contributed by atoms with Crippen LogP contribution in [0.2, 0.25) is 0 Å². The molecule has 2 nitrogen and oxygen atoms in total. The maximum absolute atomic E-state index is 8.50. The molecule has 0 radical (unpaired) electrons. The lowest BCUT2D eigenvalue weighted by molar-refractivity contribution is 0.248. The Kier molecular flexibility index (Phi) is 5.64. The molecule has 1 heterocycles. The molecule has 10 heavy (non-hydrogen) atoms. The Hall–Kier alpha value is -0.0800. The Balaban J connectivity index is 0.000000810. The number of rotatable bonds is 3. The minimum absolute atomic E-state index is 0. The Morgan fingerprint density at radius 3 is 2.30 bits per heavy atom. The van der Waals surface area contributed by atoms with Crippen LogP contribution in [0.1, 0.15) is 26.7 Å². The van der Waals surface area contributed by atoms with E-state index in [-0.39, 0.29) is 7.43 Å². The molecule has 0 atom stereocenters. The van der Waals surface area contributed by atoms with Crippen LogP contribution in [0.25, 0.3) is 0 Å². The molecular formula is C8H19NO. The molecule has 0 aromatic carbocycles. The van der Waals surface area contributed by atoms with Gasteiger partial charge in [0.2, 0.25) is 0 Å². The van der Waals surface area contributed by atoms with E-state index in [1.165, 1.54) is 25.9 Å². The highest BCUT2D eigenvalue weighted by molar-refractivity contribution is 4.64. The second-order valence-corrected chi connectivity index (χ2v) is 2.63. The van der Waals surface area contributed by atoms with E-state index in [4.69, 9.17) is 5.11 Å². The molecular weight excluding hydrogens is 126 g/mol. The molecule has 1 saturated heterocycles. The summed E-state index contributed by atoms with van der Waals surface area (Å²) in [6.07, 6.45) is 3.65. The number of likely N-dealkylation sites (tertiary alicyclic amines) is 1. The highest BCUT2D eigenvalue weighted by Crippen LogP contribution is 2.06. The second kappa shape index (κ2) is 5.69. The molecule has 0 spiro atoms. The lowest BCUT2D eigenvalue weighted by atomic mass is 10.4. The van der Waals surface area contributed by atoms with Crippen molar-refractivity contribution in [2.24, 2.45) is 0 Å². The predicted octanol–water partition coefficient (Wildman–Crippen LogP) is 1.10. The fraction of sp³-hybridized carbons (Fsp3) is 1.00. The number of aliphatic hydroxyl groups is 1. The maximum atomic E-state index is 8.50. The van der Waals surface area contributed by atoms with E-state index in [0.29, 0.717) is 6.61 Å². The Morgan fingerprint density at radius 2 is 1.80 bits per heavy atom. The quantitative estimate of drug-likeness (QED) is 0.643. The summed E-state index contributed by atoms with van der Waals surface area (Å²) in [5.74, 6) is 0. The van der Waals surface area contributed by atoms with Crippen molar-refractivity contribution in [3.63, 3.8) is 0 Å². The summed E-state index contributed by atoms with van der Waals surface area (Å²) in [4.78, 5) is 2.41. The standard InChI is InChI=1S/C7H15NO.CH4/c9-7-3-6-8-4-1-2-5-8;/h9H,1-7H2;1H4. The third-order valence-electron chi connectivity index (χ3n) is 1.83. The molecule has 1 fully saturated rings. The van der Waals surface area contributed by atoms with Gasteiger partial charge < -0.3 is 10.0 Å². The van der Waals surface area contributed by atoms with Crippen LogP contribution in [-0.2, 0) is 0 Å². The summed E-state index contributed by atoms with van der Waals surface area (Å²) in [6.45, 7) is 3.94. The van der Waals surface area contributed by atoms with Gasteiger partial charge in [0.05, 0.1) is 0 Å². The van der Waals surface area contributed by atoms with E-state index in [1.807, 2.05) is 0 Å². The van der Waals surface area contributed by atoms with Gasteiger partial charge in [-0.2, -0.15) is 0 Å². The van der Waals surface area contributed by atoms with Gasteiger partial charge in [0.1, 0.15) is 0 Å². The van der Waals surface area contributed by atoms with Crippen LogP contribution in [0.15, 0.2) is 0 Å². The van der Waals surface area contributed by atoms with Gasteiger partial charge in [-0.3, -0.25) is 0 Å². The van der Waals surface area contributed by atoms with Crippen LogP contribution in [0.3, 0.4) is 0 Å². The molecule has 1 N–H and O–H groups in total. The lowest BCUT2D eigenvalue weighted by Crippen LogP contribution is -2.20. The molecule has 0 aromatic rings. The van der Waals surface area contributed by atoms with Crippen molar-refractivity contribution < 1.29 is 5.11 Å². The van der Waals surface area contributed by atoms with Gasteiger partial charge in [-0.25, -0.2) is 0 Å². The SMILES string of the molecule is C.OCCCN1CCCC1. The Labute approximate surface area is 63.8 Å². The first-order valence-electron chi connectivity index (χ1n) is 3.76. The first-order valence-corrected chi connectivity index (χ1v) is 3.76. The van der Waals surface area contributed by atoms with E-state index in [1.54, 1.807) is 0 Å². The fourth-order valence-corrected chi connectivity index (χ4v) is 1.30. The third kappa shape index (κ3) is 3.18. The van der Waals surface area contributed by atoms with Crippen molar-refractivity contribution in [1.82, 2.24) is 4.90 Å². The van der Waals surface area contributed by atoms with Crippen molar-refractivity contribution in [2.75, 3.05) is 26.2 Å². The zero-order valence-electron chi connectivity index (χ0n) is 5.84. The van der Waals surface area contributed by atoms with Gasteiger partial charge in [0.25, 0.3) is 0 Å². The normalized spacial score (nSPS) is 18.9. The summed E-state index contributed by atoms with van der Waals surface area (Å²) >= 11 is 0. The van der Waals surface area contributed by atoms with E-state index in [0.717, 1.165) is 13.0 Å². The van der Waals surface area contributed by atoms with E-state index < -0.39 is 0 Å². The molecule has 0 saturated carbocycles. The molecule has 0 aromatic heterocycles. The third-order valence-corrected chi connectivity index (χ3v) is 1.83. The molecule has 2 heteroatoms. The Morgan fingerprint density at radius 1 is 1.20 bits per heavy atom. The minimum atomic E-state index is 0. The molecule has 62 valence electrons. The molecule has 0 bridgehead atoms. The summed E-state index contributed by atoms with van der Waals surface area (Å²) in [7, 11) is 0. The van der Waals surface area contributed by atoms with E-state index >= 15 is 0 Å². The second-order valence-electron chi connectivity index (χ2n) is 2.63. The smallest absolute Gasteiger partial charge is 0.0443 e. The van der Waals surface area contributed by atoms with Crippen LogP contribution in [-0.4, -0.2) is 36.2 Å². The van der Waals surface area contributed by atoms with Crippen molar-refractivity contribution in [2.45, 2.75) is 26.7 Å².